The molecule has 0 saturated carbocycles. The van der Waals surface area contributed by atoms with Gasteiger partial charge in [-0.3, -0.25) is 9.59 Å². The topological polar surface area (TPSA) is 58.6 Å². The predicted octanol–water partition coefficient (Wildman–Crippen LogP) is 4.83. The molecule has 0 aliphatic heterocycles. The average molecular weight is 445 g/mol. The molecule has 0 aliphatic carbocycles. The van der Waals surface area contributed by atoms with Crippen molar-refractivity contribution in [2.24, 2.45) is 5.92 Å². The number of nitrogens with zero attached hydrogens (tertiary/aromatic N) is 1. The van der Waals surface area contributed by atoms with E-state index in [1.165, 1.54) is 0 Å². The summed E-state index contributed by atoms with van der Waals surface area (Å²) < 4.78 is 5.78. The Labute approximate surface area is 190 Å². The number of rotatable bonds is 9. The zero-order valence-electron chi connectivity index (χ0n) is 19.3. The number of amides is 2. The molecule has 2 rings (SSSR count). The lowest BCUT2D eigenvalue weighted by molar-refractivity contribution is -0.142. The van der Waals surface area contributed by atoms with E-state index in [2.05, 4.69) is 5.32 Å². The van der Waals surface area contributed by atoms with Gasteiger partial charge in [0.05, 0.1) is 0 Å². The standard InChI is InChI=1S/C25H33ClN2O3/c1-16(2)13-27-25(30)20(6)28(14-21-10-8-7-9-17(21)3)23(29)15-31-22-11-18(4)24(26)19(5)12-22/h7-12,16,20H,13-15H2,1-6H3,(H,27,30)/t20-/m1/s1. The van der Waals surface area contributed by atoms with E-state index < -0.39 is 6.04 Å². The maximum Gasteiger partial charge on any atom is 0.261 e. The number of hydrogen-bond acceptors (Lipinski definition) is 3. The molecule has 0 radical (unpaired) electrons. The minimum atomic E-state index is -0.622. The fourth-order valence-electron chi connectivity index (χ4n) is 3.22. The van der Waals surface area contributed by atoms with Crippen molar-refractivity contribution in [3.8, 4) is 5.75 Å². The number of hydrogen-bond donors (Lipinski definition) is 1. The molecular weight excluding hydrogens is 412 g/mol. The Morgan fingerprint density at radius 2 is 1.65 bits per heavy atom. The second kappa shape index (κ2) is 11.2. The number of halogens is 1. The molecule has 2 amide bonds. The summed E-state index contributed by atoms with van der Waals surface area (Å²) in [6, 6.07) is 10.9. The van der Waals surface area contributed by atoms with E-state index in [-0.39, 0.29) is 18.4 Å². The number of carbonyl (C=O) groups is 2. The van der Waals surface area contributed by atoms with Crippen LogP contribution in [-0.2, 0) is 16.1 Å². The first-order valence-corrected chi connectivity index (χ1v) is 11.0. The number of carbonyl (C=O) groups excluding carboxylic acids is 2. The second-order valence-corrected chi connectivity index (χ2v) is 8.80. The summed E-state index contributed by atoms with van der Waals surface area (Å²) in [7, 11) is 0. The van der Waals surface area contributed by atoms with Crippen molar-refractivity contribution in [2.45, 2.75) is 54.1 Å². The van der Waals surface area contributed by atoms with Gasteiger partial charge in [0.25, 0.3) is 5.91 Å². The number of benzene rings is 2. The van der Waals surface area contributed by atoms with Gasteiger partial charge in [0.15, 0.2) is 6.61 Å². The van der Waals surface area contributed by atoms with Crippen LogP contribution in [0.3, 0.4) is 0 Å². The molecule has 0 unspecified atom stereocenters. The molecule has 0 aromatic heterocycles. The van der Waals surface area contributed by atoms with Gasteiger partial charge < -0.3 is 15.0 Å². The number of nitrogens with one attached hydrogen (secondary N) is 1. The molecular formula is C25H33ClN2O3. The minimum absolute atomic E-state index is 0.159. The van der Waals surface area contributed by atoms with E-state index in [0.717, 1.165) is 22.3 Å². The third kappa shape index (κ3) is 7.00. The Hall–Kier alpha value is -2.53. The largest absolute Gasteiger partial charge is 0.484 e. The van der Waals surface area contributed by atoms with E-state index >= 15 is 0 Å². The van der Waals surface area contributed by atoms with Crippen LogP contribution in [0.2, 0.25) is 5.02 Å². The van der Waals surface area contributed by atoms with Crippen LogP contribution < -0.4 is 10.1 Å². The molecule has 31 heavy (non-hydrogen) atoms. The summed E-state index contributed by atoms with van der Waals surface area (Å²) in [4.78, 5) is 27.4. The van der Waals surface area contributed by atoms with Gasteiger partial charge >= 0.3 is 0 Å². The molecule has 1 atom stereocenters. The highest BCUT2D eigenvalue weighted by Gasteiger charge is 2.27. The molecule has 2 aromatic rings. The fourth-order valence-corrected chi connectivity index (χ4v) is 3.33. The van der Waals surface area contributed by atoms with Crippen molar-refractivity contribution < 1.29 is 14.3 Å². The van der Waals surface area contributed by atoms with Crippen molar-refractivity contribution in [3.63, 3.8) is 0 Å². The van der Waals surface area contributed by atoms with Crippen LogP contribution >= 0.6 is 11.6 Å². The highest BCUT2D eigenvalue weighted by molar-refractivity contribution is 6.32. The Morgan fingerprint density at radius 3 is 2.23 bits per heavy atom. The summed E-state index contributed by atoms with van der Waals surface area (Å²) in [5.41, 5.74) is 3.85. The van der Waals surface area contributed by atoms with Gasteiger partial charge in [-0.25, -0.2) is 0 Å². The average Bonchev–Trinajstić information content (AvgIpc) is 2.72. The van der Waals surface area contributed by atoms with E-state index in [1.807, 2.05) is 71.0 Å². The Morgan fingerprint density at radius 1 is 1.03 bits per heavy atom. The van der Waals surface area contributed by atoms with E-state index in [0.29, 0.717) is 29.8 Å². The number of ether oxygens (including phenoxy) is 1. The molecule has 168 valence electrons. The number of aryl methyl sites for hydroxylation is 3. The molecule has 0 bridgehead atoms. The third-order valence-electron chi connectivity index (χ3n) is 5.23. The molecule has 0 fully saturated rings. The molecule has 5 nitrogen and oxygen atoms in total. The first-order chi connectivity index (χ1) is 14.6. The summed E-state index contributed by atoms with van der Waals surface area (Å²) in [6.07, 6.45) is 0. The smallest absolute Gasteiger partial charge is 0.261 e. The van der Waals surface area contributed by atoms with Gasteiger partial charge in [0.2, 0.25) is 5.91 Å². The van der Waals surface area contributed by atoms with Gasteiger partial charge in [-0.2, -0.15) is 0 Å². The van der Waals surface area contributed by atoms with E-state index in [4.69, 9.17) is 16.3 Å². The van der Waals surface area contributed by atoms with Gasteiger partial charge in [-0.1, -0.05) is 49.7 Å². The van der Waals surface area contributed by atoms with E-state index in [9.17, 15) is 9.59 Å². The van der Waals surface area contributed by atoms with Crippen molar-refractivity contribution in [1.29, 1.82) is 0 Å². The van der Waals surface area contributed by atoms with Gasteiger partial charge in [-0.05, 0) is 68.0 Å². The summed E-state index contributed by atoms with van der Waals surface area (Å²) in [6.45, 7) is 12.4. The summed E-state index contributed by atoms with van der Waals surface area (Å²) in [5, 5.41) is 3.61. The van der Waals surface area contributed by atoms with Gasteiger partial charge in [-0.15, -0.1) is 0 Å². The Bertz CT molecular complexity index is 904. The lowest BCUT2D eigenvalue weighted by Gasteiger charge is -2.29. The van der Waals surface area contributed by atoms with Crippen molar-refractivity contribution >= 4 is 23.4 Å². The highest BCUT2D eigenvalue weighted by atomic mass is 35.5. The molecule has 0 aliphatic rings. The van der Waals surface area contributed by atoms with Crippen LogP contribution in [0.15, 0.2) is 36.4 Å². The van der Waals surface area contributed by atoms with Crippen LogP contribution in [-0.4, -0.2) is 35.9 Å². The Kier molecular flexibility index (Phi) is 8.93. The van der Waals surface area contributed by atoms with Crippen LogP contribution in [0.25, 0.3) is 0 Å². The molecule has 0 heterocycles. The van der Waals surface area contributed by atoms with Crippen LogP contribution in [0.5, 0.6) is 5.75 Å². The van der Waals surface area contributed by atoms with Gasteiger partial charge in [0, 0.05) is 18.1 Å². The monoisotopic (exact) mass is 444 g/mol. The van der Waals surface area contributed by atoms with Crippen LogP contribution in [0, 0.1) is 26.7 Å². The first kappa shape index (κ1) is 24.7. The maximum absolute atomic E-state index is 13.1. The predicted molar refractivity (Wildman–Crippen MR) is 125 cm³/mol. The van der Waals surface area contributed by atoms with E-state index in [1.54, 1.807) is 11.8 Å². The zero-order chi connectivity index (χ0) is 23.1. The van der Waals surface area contributed by atoms with Crippen LogP contribution in [0.1, 0.15) is 43.0 Å². The van der Waals surface area contributed by atoms with Gasteiger partial charge in [0.1, 0.15) is 11.8 Å². The summed E-state index contributed by atoms with van der Waals surface area (Å²) >= 11 is 6.22. The molecule has 1 N–H and O–H groups in total. The highest BCUT2D eigenvalue weighted by Crippen LogP contribution is 2.26. The zero-order valence-corrected chi connectivity index (χ0v) is 20.0. The molecule has 2 aromatic carbocycles. The molecule has 6 heteroatoms. The lowest BCUT2D eigenvalue weighted by Crippen LogP contribution is -2.49. The van der Waals surface area contributed by atoms with Crippen molar-refractivity contribution in [2.75, 3.05) is 13.2 Å². The van der Waals surface area contributed by atoms with Crippen molar-refractivity contribution in [3.05, 3.63) is 63.7 Å². The second-order valence-electron chi connectivity index (χ2n) is 8.42. The molecule has 0 spiro atoms. The fraction of sp³-hybridized carbons (Fsp3) is 0.440. The van der Waals surface area contributed by atoms with Crippen LogP contribution in [0.4, 0.5) is 0 Å². The maximum atomic E-state index is 13.1. The summed E-state index contributed by atoms with van der Waals surface area (Å²) in [5.74, 6) is 0.492. The first-order valence-electron chi connectivity index (χ1n) is 10.6. The normalized spacial score (nSPS) is 11.9. The SMILES string of the molecule is Cc1ccccc1CN(C(=O)COc1cc(C)c(Cl)c(C)c1)[C@H](C)C(=O)NCC(C)C. The quantitative estimate of drug-likeness (QED) is 0.602. The Balaban J connectivity index is 2.19. The minimum Gasteiger partial charge on any atom is -0.484 e. The third-order valence-corrected chi connectivity index (χ3v) is 5.82. The lowest BCUT2D eigenvalue weighted by atomic mass is 10.1. The molecule has 0 saturated heterocycles. The van der Waals surface area contributed by atoms with Crippen molar-refractivity contribution in [1.82, 2.24) is 10.2 Å².